The fourth-order valence-electron chi connectivity index (χ4n) is 2.98. The zero-order valence-corrected chi connectivity index (χ0v) is 13.2. The number of carboxylic acids is 1. The number of rotatable bonds is 5. The number of hydrogen-bond acceptors (Lipinski definition) is 2. The van der Waals surface area contributed by atoms with E-state index in [2.05, 4.69) is 0 Å². The van der Waals surface area contributed by atoms with Gasteiger partial charge in [-0.2, -0.15) is 0 Å². The molecule has 1 aliphatic rings. The van der Waals surface area contributed by atoms with Crippen molar-refractivity contribution in [1.82, 2.24) is 9.80 Å². The van der Waals surface area contributed by atoms with Crippen LogP contribution in [-0.4, -0.2) is 51.6 Å². The van der Waals surface area contributed by atoms with Gasteiger partial charge in [-0.05, 0) is 40.5 Å². The Labute approximate surface area is 121 Å². The summed E-state index contributed by atoms with van der Waals surface area (Å²) in [4.78, 5) is 27.5. The lowest BCUT2D eigenvalue weighted by atomic mass is 9.94. The van der Waals surface area contributed by atoms with E-state index in [-0.39, 0.29) is 12.1 Å². The molecule has 1 saturated carbocycles. The van der Waals surface area contributed by atoms with Gasteiger partial charge in [0.15, 0.2) is 0 Å². The monoisotopic (exact) mass is 284 g/mol. The summed E-state index contributed by atoms with van der Waals surface area (Å²) in [5.41, 5.74) is -1.17. The van der Waals surface area contributed by atoms with Crippen molar-refractivity contribution >= 4 is 12.0 Å². The maximum Gasteiger partial charge on any atom is 0.329 e. The Bertz CT molecular complexity index is 349. The van der Waals surface area contributed by atoms with Crippen molar-refractivity contribution in [2.75, 3.05) is 13.1 Å². The van der Waals surface area contributed by atoms with Crippen LogP contribution < -0.4 is 0 Å². The fourth-order valence-corrected chi connectivity index (χ4v) is 2.98. The lowest BCUT2D eigenvalue weighted by Gasteiger charge is -2.41. The van der Waals surface area contributed by atoms with E-state index in [9.17, 15) is 14.7 Å². The number of nitrogens with zero attached hydrogens (tertiary/aromatic N) is 2. The van der Waals surface area contributed by atoms with Gasteiger partial charge in [0.05, 0.1) is 0 Å². The molecule has 0 spiro atoms. The summed E-state index contributed by atoms with van der Waals surface area (Å²) in [6.45, 7) is 8.01. The van der Waals surface area contributed by atoms with Gasteiger partial charge in [0.25, 0.3) is 0 Å². The lowest BCUT2D eigenvalue weighted by molar-refractivity contribution is -0.147. The minimum atomic E-state index is -1.17. The van der Waals surface area contributed by atoms with E-state index in [1.54, 1.807) is 13.8 Å². The Morgan fingerprint density at radius 1 is 1.10 bits per heavy atom. The van der Waals surface area contributed by atoms with Crippen molar-refractivity contribution in [1.29, 1.82) is 0 Å². The number of urea groups is 1. The minimum absolute atomic E-state index is 0.144. The van der Waals surface area contributed by atoms with Crippen LogP contribution in [0.5, 0.6) is 0 Å². The number of aliphatic carboxylic acids is 1. The lowest BCUT2D eigenvalue weighted by Crippen LogP contribution is -2.58. The molecule has 2 amide bonds. The molecule has 0 aromatic rings. The number of amides is 2. The Kier molecular flexibility index (Phi) is 5.84. The van der Waals surface area contributed by atoms with Crippen molar-refractivity contribution in [3.63, 3.8) is 0 Å². The normalized spacial score (nSPS) is 16.8. The molecule has 0 aromatic heterocycles. The second kappa shape index (κ2) is 6.95. The first-order chi connectivity index (χ1) is 9.36. The minimum Gasteiger partial charge on any atom is -0.480 e. The highest BCUT2D eigenvalue weighted by Gasteiger charge is 2.39. The molecule has 20 heavy (non-hydrogen) atoms. The molecule has 0 bridgehead atoms. The van der Waals surface area contributed by atoms with Gasteiger partial charge < -0.3 is 14.9 Å². The smallest absolute Gasteiger partial charge is 0.329 e. The third-order valence-corrected chi connectivity index (χ3v) is 4.35. The molecule has 5 nitrogen and oxygen atoms in total. The molecule has 1 rings (SSSR count). The highest BCUT2D eigenvalue weighted by Crippen LogP contribution is 2.25. The fraction of sp³-hybridized carbons (Fsp3) is 0.867. The topological polar surface area (TPSA) is 60.9 Å². The molecule has 0 aromatic carbocycles. The molecule has 0 radical (unpaired) electrons. The van der Waals surface area contributed by atoms with Crippen LogP contribution in [0.25, 0.3) is 0 Å². The van der Waals surface area contributed by atoms with Gasteiger partial charge >= 0.3 is 12.0 Å². The van der Waals surface area contributed by atoms with Gasteiger partial charge in [-0.3, -0.25) is 0 Å². The second-order valence-electron chi connectivity index (χ2n) is 5.97. The average Bonchev–Trinajstić information content (AvgIpc) is 2.41. The third kappa shape index (κ3) is 3.44. The molecule has 0 unspecified atom stereocenters. The summed E-state index contributed by atoms with van der Waals surface area (Å²) in [6, 6.07) is 0.120. The molecule has 0 heterocycles. The van der Waals surface area contributed by atoms with Crippen LogP contribution in [0.1, 0.15) is 59.8 Å². The largest absolute Gasteiger partial charge is 0.480 e. The number of hydrogen-bond donors (Lipinski definition) is 1. The van der Waals surface area contributed by atoms with E-state index >= 15 is 0 Å². The average molecular weight is 284 g/mol. The van der Waals surface area contributed by atoms with Crippen molar-refractivity contribution in [3.8, 4) is 0 Å². The van der Waals surface area contributed by atoms with Crippen molar-refractivity contribution < 1.29 is 14.7 Å². The summed E-state index contributed by atoms with van der Waals surface area (Å²) >= 11 is 0. The number of likely N-dealkylation sites (N-methyl/N-ethyl adjacent to an activating group) is 1. The van der Waals surface area contributed by atoms with E-state index in [4.69, 9.17) is 0 Å². The molecule has 0 atom stereocenters. The predicted octanol–water partition coefficient (Wildman–Crippen LogP) is 2.95. The van der Waals surface area contributed by atoms with Crippen LogP contribution >= 0.6 is 0 Å². The summed E-state index contributed by atoms with van der Waals surface area (Å²) in [5, 5.41) is 9.34. The van der Waals surface area contributed by atoms with Crippen molar-refractivity contribution in [2.45, 2.75) is 71.4 Å². The zero-order chi connectivity index (χ0) is 15.3. The van der Waals surface area contributed by atoms with Crippen LogP contribution in [0.4, 0.5) is 4.79 Å². The maximum atomic E-state index is 12.7. The van der Waals surface area contributed by atoms with Crippen molar-refractivity contribution in [2.24, 2.45) is 0 Å². The van der Waals surface area contributed by atoms with Crippen molar-refractivity contribution in [3.05, 3.63) is 0 Å². The molecule has 5 heteroatoms. The Balaban J connectivity index is 2.89. The first kappa shape index (κ1) is 16.8. The predicted molar refractivity (Wildman–Crippen MR) is 78.7 cm³/mol. The van der Waals surface area contributed by atoms with Gasteiger partial charge in [0, 0.05) is 19.1 Å². The summed E-state index contributed by atoms with van der Waals surface area (Å²) in [5.74, 6) is -0.965. The van der Waals surface area contributed by atoms with Gasteiger partial charge in [-0.1, -0.05) is 19.3 Å². The van der Waals surface area contributed by atoms with Crippen LogP contribution in [-0.2, 0) is 4.79 Å². The van der Waals surface area contributed by atoms with E-state index in [0.29, 0.717) is 13.1 Å². The first-order valence-corrected chi connectivity index (χ1v) is 7.67. The molecule has 1 aliphatic carbocycles. The highest BCUT2D eigenvalue weighted by atomic mass is 16.4. The number of carbonyl (C=O) groups is 2. The summed E-state index contributed by atoms with van der Waals surface area (Å²) in [7, 11) is 0. The maximum absolute atomic E-state index is 12.7. The van der Waals surface area contributed by atoms with Crippen LogP contribution in [0.3, 0.4) is 0 Å². The molecular formula is C15H28N2O3. The summed E-state index contributed by atoms with van der Waals surface area (Å²) < 4.78 is 0. The molecular weight excluding hydrogens is 256 g/mol. The molecule has 1 fully saturated rings. The molecule has 1 N–H and O–H groups in total. The van der Waals surface area contributed by atoms with E-state index in [0.717, 1.165) is 25.7 Å². The Hall–Kier alpha value is -1.26. The Morgan fingerprint density at radius 2 is 1.65 bits per heavy atom. The Morgan fingerprint density at radius 3 is 2.05 bits per heavy atom. The van der Waals surface area contributed by atoms with Crippen LogP contribution in [0.2, 0.25) is 0 Å². The quantitative estimate of drug-likeness (QED) is 0.844. The van der Waals surface area contributed by atoms with E-state index < -0.39 is 11.5 Å². The zero-order valence-electron chi connectivity index (χ0n) is 13.2. The van der Waals surface area contributed by atoms with Crippen LogP contribution in [0.15, 0.2) is 0 Å². The van der Waals surface area contributed by atoms with Gasteiger partial charge in [0.2, 0.25) is 0 Å². The number of carboxylic acid groups (broad SMARTS) is 1. The number of carbonyl (C=O) groups excluding carboxylic acids is 1. The SMILES string of the molecule is CCN(C(=O)N(CC)C(C)(C)C(=O)O)C1CCCCC1. The van der Waals surface area contributed by atoms with E-state index in [1.807, 2.05) is 18.7 Å². The first-order valence-electron chi connectivity index (χ1n) is 7.67. The summed E-state index contributed by atoms with van der Waals surface area (Å²) in [6.07, 6.45) is 5.61. The van der Waals surface area contributed by atoms with Gasteiger partial charge in [-0.15, -0.1) is 0 Å². The second-order valence-corrected chi connectivity index (χ2v) is 5.97. The van der Waals surface area contributed by atoms with Crippen LogP contribution in [0, 0.1) is 0 Å². The molecule has 0 saturated heterocycles. The van der Waals surface area contributed by atoms with Gasteiger partial charge in [-0.25, -0.2) is 9.59 Å². The standard InChI is InChI=1S/C15H28N2O3/c1-5-16(12-10-8-7-9-11-12)14(20)17(6-2)15(3,4)13(18)19/h12H,5-11H2,1-4H3,(H,18,19). The van der Waals surface area contributed by atoms with E-state index in [1.165, 1.54) is 11.3 Å². The van der Waals surface area contributed by atoms with Gasteiger partial charge in [0.1, 0.15) is 5.54 Å². The highest BCUT2D eigenvalue weighted by molar-refractivity contribution is 5.85. The molecule has 0 aliphatic heterocycles. The molecule has 116 valence electrons. The third-order valence-electron chi connectivity index (χ3n) is 4.35.